The number of amides is 1. The number of hydrogen-bond acceptors (Lipinski definition) is 4. The van der Waals surface area contributed by atoms with Gasteiger partial charge in [-0.05, 0) is 47.4 Å². The van der Waals surface area contributed by atoms with Gasteiger partial charge in [-0.3, -0.25) is 4.68 Å². The van der Waals surface area contributed by atoms with Crippen molar-refractivity contribution in [3.05, 3.63) is 17.5 Å². The maximum Gasteiger partial charge on any atom is 0.410 e. The maximum absolute atomic E-state index is 12.2. The van der Waals surface area contributed by atoms with E-state index in [9.17, 15) is 4.79 Å². The van der Waals surface area contributed by atoms with Gasteiger partial charge in [-0.25, -0.2) is 4.79 Å². The van der Waals surface area contributed by atoms with Crippen LogP contribution in [-0.4, -0.2) is 51.9 Å². The molecule has 0 radical (unpaired) electrons. The molecule has 0 bridgehead atoms. The molecule has 1 aliphatic rings. The molecule has 21 heavy (non-hydrogen) atoms. The number of aryl methyl sites for hydroxylation is 1. The van der Waals surface area contributed by atoms with Gasteiger partial charge in [0.15, 0.2) is 0 Å². The van der Waals surface area contributed by atoms with Crippen LogP contribution in [0, 0.1) is 0 Å². The molecule has 2 rings (SSSR count). The zero-order valence-electron chi connectivity index (χ0n) is 13.7. The predicted molar refractivity (Wildman–Crippen MR) is 80.9 cm³/mol. The molecule has 1 aromatic heterocycles. The van der Waals surface area contributed by atoms with Crippen LogP contribution in [0.5, 0.6) is 0 Å². The predicted octanol–water partition coefficient (Wildman–Crippen LogP) is 2.09. The summed E-state index contributed by atoms with van der Waals surface area (Å²) < 4.78 is 7.49. The van der Waals surface area contributed by atoms with E-state index in [0.29, 0.717) is 13.1 Å². The summed E-state index contributed by atoms with van der Waals surface area (Å²) in [4.78, 5) is 16.1. The molecular weight excluding hydrogens is 268 g/mol. The van der Waals surface area contributed by atoms with Crippen molar-refractivity contribution in [3.8, 4) is 0 Å². The van der Waals surface area contributed by atoms with Gasteiger partial charge in [-0.2, -0.15) is 5.10 Å². The van der Waals surface area contributed by atoms with E-state index in [2.05, 4.69) is 16.1 Å². The van der Waals surface area contributed by atoms with E-state index >= 15 is 0 Å². The summed E-state index contributed by atoms with van der Waals surface area (Å²) in [5.41, 5.74) is 1.66. The summed E-state index contributed by atoms with van der Waals surface area (Å²) in [6.07, 6.45) is 0.654. The number of nitrogens with zero attached hydrogens (tertiary/aromatic N) is 4. The van der Waals surface area contributed by atoms with E-state index in [1.54, 1.807) is 4.90 Å². The molecule has 0 spiro atoms. The molecule has 0 saturated heterocycles. The van der Waals surface area contributed by atoms with Crippen molar-refractivity contribution in [2.45, 2.75) is 52.4 Å². The molecule has 2 heterocycles. The fraction of sp³-hybridized carbons (Fsp3) is 0.733. The second-order valence-electron chi connectivity index (χ2n) is 6.84. The largest absolute Gasteiger partial charge is 0.444 e. The van der Waals surface area contributed by atoms with Gasteiger partial charge >= 0.3 is 6.09 Å². The van der Waals surface area contributed by atoms with Crippen molar-refractivity contribution in [2.75, 3.05) is 20.6 Å². The van der Waals surface area contributed by atoms with Gasteiger partial charge < -0.3 is 14.5 Å². The van der Waals surface area contributed by atoms with E-state index in [4.69, 9.17) is 4.74 Å². The molecule has 6 nitrogen and oxygen atoms in total. The van der Waals surface area contributed by atoms with Crippen LogP contribution >= 0.6 is 0 Å². The highest BCUT2D eigenvalue weighted by molar-refractivity contribution is 5.68. The lowest BCUT2D eigenvalue weighted by Crippen LogP contribution is -2.36. The molecule has 0 aliphatic carbocycles. The highest BCUT2D eigenvalue weighted by atomic mass is 16.6. The molecule has 0 unspecified atom stereocenters. The van der Waals surface area contributed by atoms with Crippen LogP contribution in [0.2, 0.25) is 0 Å². The average Bonchev–Trinajstić information content (AvgIpc) is 2.55. The molecule has 1 aromatic rings. The Hall–Kier alpha value is -1.56. The fourth-order valence-electron chi connectivity index (χ4n) is 2.41. The Balaban J connectivity index is 2.09. The third kappa shape index (κ3) is 4.46. The number of carbonyl (C=O) groups excluding carboxylic acids is 1. The van der Waals surface area contributed by atoms with E-state index in [0.717, 1.165) is 30.9 Å². The van der Waals surface area contributed by atoms with Crippen molar-refractivity contribution in [1.82, 2.24) is 19.6 Å². The average molecular weight is 294 g/mol. The maximum atomic E-state index is 12.2. The van der Waals surface area contributed by atoms with E-state index in [1.165, 1.54) is 0 Å². The molecule has 0 atom stereocenters. The minimum absolute atomic E-state index is 0.244. The molecule has 0 N–H and O–H groups in total. The Morgan fingerprint density at radius 2 is 2.10 bits per heavy atom. The van der Waals surface area contributed by atoms with Crippen molar-refractivity contribution < 1.29 is 9.53 Å². The highest BCUT2D eigenvalue weighted by Gasteiger charge is 2.25. The molecule has 1 amide bonds. The first kappa shape index (κ1) is 15.8. The van der Waals surface area contributed by atoms with Crippen LogP contribution in [0.3, 0.4) is 0 Å². The Morgan fingerprint density at radius 1 is 1.38 bits per heavy atom. The summed E-state index contributed by atoms with van der Waals surface area (Å²) in [6.45, 7) is 8.61. The first-order valence-electron chi connectivity index (χ1n) is 7.43. The minimum atomic E-state index is -0.459. The second kappa shape index (κ2) is 6.05. The summed E-state index contributed by atoms with van der Waals surface area (Å²) in [5, 5.41) is 4.62. The fourth-order valence-corrected chi connectivity index (χ4v) is 2.41. The summed E-state index contributed by atoms with van der Waals surface area (Å²) in [7, 11) is 4.05. The van der Waals surface area contributed by atoms with Gasteiger partial charge in [0.05, 0.1) is 17.9 Å². The topological polar surface area (TPSA) is 50.6 Å². The lowest BCUT2D eigenvalue weighted by atomic mass is 10.2. The van der Waals surface area contributed by atoms with Gasteiger partial charge in [0, 0.05) is 19.6 Å². The third-order valence-corrected chi connectivity index (χ3v) is 3.19. The number of aromatic nitrogens is 2. The molecule has 0 fully saturated rings. The zero-order chi connectivity index (χ0) is 15.6. The Morgan fingerprint density at radius 3 is 2.71 bits per heavy atom. The summed E-state index contributed by atoms with van der Waals surface area (Å²) >= 11 is 0. The number of rotatable bonds is 2. The van der Waals surface area contributed by atoms with Crippen molar-refractivity contribution in [2.24, 2.45) is 0 Å². The molecular formula is C15H26N4O2. The normalized spacial score (nSPS) is 15.8. The van der Waals surface area contributed by atoms with Crippen LogP contribution in [0.15, 0.2) is 6.07 Å². The Kier molecular flexibility index (Phi) is 4.56. The first-order chi connectivity index (χ1) is 9.74. The summed E-state index contributed by atoms with van der Waals surface area (Å²) in [5.74, 6) is 0. The van der Waals surface area contributed by atoms with Gasteiger partial charge in [-0.15, -0.1) is 0 Å². The lowest BCUT2D eigenvalue weighted by Gasteiger charge is -2.26. The minimum Gasteiger partial charge on any atom is -0.444 e. The highest BCUT2D eigenvalue weighted by Crippen LogP contribution is 2.17. The quantitative estimate of drug-likeness (QED) is 0.838. The Bertz CT molecular complexity index is 502. The lowest BCUT2D eigenvalue weighted by molar-refractivity contribution is 0.0236. The second-order valence-corrected chi connectivity index (χ2v) is 6.84. The van der Waals surface area contributed by atoms with Crippen LogP contribution in [0.1, 0.15) is 38.6 Å². The van der Waals surface area contributed by atoms with Crippen LogP contribution < -0.4 is 0 Å². The van der Waals surface area contributed by atoms with Crippen LogP contribution in [0.4, 0.5) is 4.79 Å². The molecule has 1 aliphatic heterocycles. The van der Waals surface area contributed by atoms with E-state index in [1.807, 2.05) is 39.5 Å². The SMILES string of the molecule is CN(C)Cc1cc2n(n1)CCCN(C(=O)OC(C)(C)C)C2. The first-order valence-corrected chi connectivity index (χ1v) is 7.43. The monoisotopic (exact) mass is 294 g/mol. The molecule has 0 aromatic carbocycles. The van der Waals surface area contributed by atoms with Gasteiger partial charge in [0.25, 0.3) is 0 Å². The van der Waals surface area contributed by atoms with Crippen LogP contribution in [-0.2, 0) is 24.4 Å². The van der Waals surface area contributed by atoms with Crippen molar-refractivity contribution >= 4 is 6.09 Å². The number of hydrogen-bond donors (Lipinski definition) is 0. The summed E-state index contributed by atoms with van der Waals surface area (Å²) in [6, 6.07) is 2.09. The molecule has 6 heteroatoms. The third-order valence-electron chi connectivity index (χ3n) is 3.19. The smallest absolute Gasteiger partial charge is 0.410 e. The van der Waals surface area contributed by atoms with Crippen molar-refractivity contribution in [1.29, 1.82) is 0 Å². The zero-order valence-corrected chi connectivity index (χ0v) is 13.7. The van der Waals surface area contributed by atoms with Gasteiger partial charge in [0.1, 0.15) is 5.60 Å². The van der Waals surface area contributed by atoms with E-state index in [-0.39, 0.29) is 6.09 Å². The standard InChI is InChI=1S/C15H26N4O2/c1-15(2,3)21-14(20)18-7-6-8-19-13(11-18)9-12(16-19)10-17(4)5/h9H,6-8,10-11H2,1-5H3. The number of fused-ring (bicyclic) bond motifs is 1. The molecule has 118 valence electrons. The number of carbonyl (C=O) groups is 1. The number of ether oxygens (including phenoxy) is 1. The van der Waals surface area contributed by atoms with Gasteiger partial charge in [-0.1, -0.05) is 0 Å². The van der Waals surface area contributed by atoms with Gasteiger partial charge in [0.2, 0.25) is 0 Å². The van der Waals surface area contributed by atoms with Crippen LogP contribution in [0.25, 0.3) is 0 Å². The Labute approximate surface area is 126 Å². The molecule has 0 saturated carbocycles. The van der Waals surface area contributed by atoms with E-state index < -0.39 is 5.60 Å². The van der Waals surface area contributed by atoms with Crippen molar-refractivity contribution in [3.63, 3.8) is 0 Å².